The van der Waals surface area contributed by atoms with Gasteiger partial charge in [0.05, 0.1) is 6.54 Å². The Labute approximate surface area is 206 Å². The molecular weight excluding hydrogens is 519 g/mol. The van der Waals surface area contributed by atoms with E-state index in [0.717, 1.165) is 44.1 Å². The first-order valence-corrected chi connectivity index (χ1v) is 11.0. The summed E-state index contributed by atoms with van der Waals surface area (Å²) in [5.41, 5.74) is 2.30. The summed E-state index contributed by atoms with van der Waals surface area (Å²) in [6, 6.07) is 8.46. The highest BCUT2D eigenvalue weighted by molar-refractivity contribution is 14.0. The molecule has 1 fully saturated rings. The van der Waals surface area contributed by atoms with Gasteiger partial charge in [0, 0.05) is 50.1 Å². The monoisotopic (exact) mass is 552 g/mol. The molecule has 2 aliphatic rings. The Morgan fingerprint density at radius 3 is 2.75 bits per heavy atom. The summed E-state index contributed by atoms with van der Waals surface area (Å²) in [6.45, 7) is 9.13. The Morgan fingerprint density at radius 1 is 1.31 bits per heavy atom. The summed E-state index contributed by atoms with van der Waals surface area (Å²) < 4.78 is 5.40. The number of nitrogens with one attached hydrogen (secondary N) is 1. The fourth-order valence-corrected chi connectivity index (χ4v) is 4.28. The molecule has 32 heavy (non-hydrogen) atoms. The first-order valence-electron chi connectivity index (χ1n) is 11.0. The molecule has 1 saturated heterocycles. The lowest BCUT2D eigenvalue weighted by Gasteiger charge is -2.23. The topological polar surface area (TPSA) is 86.9 Å². The molecule has 2 aliphatic heterocycles. The van der Waals surface area contributed by atoms with Gasteiger partial charge >= 0.3 is 0 Å². The molecule has 1 aromatic carbocycles. The van der Waals surface area contributed by atoms with Gasteiger partial charge in [-0.25, -0.2) is 0 Å². The van der Waals surface area contributed by atoms with Crippen molar-refractivity contribution in [3.05, 3.63) is 41.5 Å². The van der Waals surface area contributed by atoms with Crippen LogP contribution in [0.2, 0.25) is 0 Å². The number of anilines is 1. The third-order valence-electron chi connectivity index (χ3n) is 5.97. The van der Waals surface area contributed by atoms with E-state index in [4.69, 9.17) is 4.52 Å². The molecule has 2 aromatic rings. The van der Waals surface area contributed by atoms with Crippen LogP contribution in [-0.4, -0.2) is 53.6 Å². The minimum absolute atomic E-state index is 0. The summed E-state index contributed by atoms with van der Waals surface area (Å²) >= 11 is 0. The van der Waals surface area contributed by atoms with Crippen molar-refractivity contribution < 1.29 is 9.32 Å². The Balaban J connectivity index is 0.00000289. The first-order chi connectivity index (χ1) is 14.9. The number of aromatic nitrogens is 2. The molecule has 174 valence electrons. The highest BCUT2D eigenvalue weighted by Crippen LogP contribution is 2.38. The van der Waals surface area contributed by atoms with Crippen LogP contribution < -0.4 is 10.2 Å². The molecule has 0 bridgehead atoms. The zero-order chi connectivity index (χ0) is 22.0. The molecule has 1 amide bonds. The number of fused-ring (bicyclic) bond motifs is 1. The van der Waals surface area contributed by atoms with Gasteiger partial charge in [0.25, 0.3) is 0 Å². The highest BCUT2D eigenvalue weighted by Gasteiger charge is 2.32. The number of carbonyl (C=O) groups is 1. The van der Waals surface area contributed by atoms with Crippen molar-refractivity contribution in [3.8, 4) is 0 Å². The van der Waals surface area contributed by atoms with Crippen molar-refractivity contribution in [2.24, 2.45) is 4.99 Å². The molecule has 1 unspecified atom stereocenters. The van der Waals surface area contributed by atoms with Gasteiger partial charge in [-0.3, -0.25) is 9.79 Å². The lowest BCUT2D eigenvalue weighted by Crippen LogP contribution is -2.41. The van der Waals surface area contributed by atoms with Crippen LogP contribution in [0, 0.1) is 0 Å². The molecule has 1 aromatic heterocycles. The predicted octanol–water partition coefficient (Wildman–Crippen LogP) is 3.68. The zero-order valence-corrected chi connectivity index (χ0v) is 21.6. The van der Waals surface area contributed by atoms with Crippen LogP contribution in [0.5, 0.6) is 0 Å². The summed E-state index contributed by atoms with van der Waals surface area (Å²) in [7, 11) is 1.79. The van der Waals surface area contributed by atoms with E-state index in [0.29, 0.717) is 30.6 Å². The van der Waals surface area contributed by atoms with Gasteiger partial charge in [0.15, 0.2) is 11.8 Å². The van der Waals surface area contributed by atoms with E-state index < -0.39 is 0 Å². The van der Waals surface area contributed by atoms with Crippen LogP contribution >= 0.6 is 24.0 Å². The second kappa shape index (κ2) is 10.2. The number of aliphatic imine (C=N–C) groups is 1. The standard InChI is InChI=1S/C23H32N6O2.HI/c1-23(2,3)21-26-19(27-31-21)14-25-22(24-4)29-15-16(17-8-5-6-9-18(17)29)11-13-28-12-7-10-20(28)30;/h5-6,8-9,16H,7,10-15H2,1-4H3,(H,24,25);1H. The van der Waals surface area contributed by atoms with Crippen molar-refractivity contribution in [2.75, 3.05) is 31.6 Å². The minimum Gasteiger partial charge on any atom is -0.349 e. The maximum absolute atomic E-state index is 12.0. The third-order valence-corrected chi connectivity index (χ3v) is 5.97. The average Bonchev–Trinajstić information content (AvgIpc) is 3.46. The summed E-state index contributed by atoms with van der Waals surface area (Å²) in [4.78, 5) is 25.2. The summed E-state index contributed by atoms with van der Waals surface area (Å²) in [5, 5.41) is 7.48. The Kier molecular flexibility index (Phi) is 7.79. The van der Waals surface area contributed by atoms with Gasteiger partial charge in [-0.15, -0.1) is 24.0 Å². The number of nitrogens with zero attached hydrogens (tertiary/aromatic N) is 5. The van der Waals surface area contributed by atoms with E-state index in [1.54, 1.807) is 7.05 Å². The van der Waals surface area contributed by atoms with E-state index in [-0.39, 0.29) is 35.3 Å². The smallest absolute Gasteiger partial charge is 0.232 e. The van der Waals surface area contributed by atoms with E-state index in [1.807, 2.05) is 25.7 Å². The molecule has 8 nitrogen and oxygen atoms in total. The molecule has 9 heteroatoms. The SMILES string of the molecule is CN=C(NCc1noc(C(C)(C)C)n1)N1CC(CCN2CCCC2=O)c2ccccc21.I. The number of halogens is 1. The number of amides is 1. The normalized spacial score (nSPS) is 18.7. The lowest BCUT2D eigenvalue weighted by atomic mass is 9.97. The maximum atomic E-state index is 12.0. The molecule has 4 rings (SSSR count). The van der Waals surface area contributed by atoms with Crippen LogP contribution in [0.4, 0.5) is 5.69 Å². The molecule has 0 saturated carbocycles. The van der Waals surface area contributed by atoms with Gasteiger partial charge in [0.1, 0.15) is 0 Å². The van der Waals surface area contributed by atoms with E-state index >= 15 is 0 Å². The Hall–Kier alpha value is -2.17. The number of rotatable bonds is 5. The van der Waals surface area contributed by atoms with E-state index in [1.165, 1.54) is 5.56 Å². The van der Waals surface area contributed by atoms with Crippen molar-refractivity contribution in [1.29, 1.82) is 0 Å². The molecule has 0 radical (unpaired) electrons. The zero-order valence-electron chi connectivity index (χ0n) is 19.3. The van der Waals surface area contributed by atoms with Crippen molar-refractivity contribution in [1.82, 2.24) is 20.4 Å². The average molecular weight is 552 g/mol. The molecule has 3 heterocycles. The molecule has 0 spiro atoms. The fourth-order valence-electron chi connectivity index (χ4n) is 4.28. The van der Waals surface area contributed by atoms with Gasteiger partial charge in [-0.05, 0) is 24.5 Å². The van der Waals surface area contributed by atoms with Gasteiger partial charge in [-0.2, -0.15) is 4.98 Å². The molecular formula is C23H33IN6O2. The second-order valence-corrected chi connectivity index (χ2v) is 9.31. The van der Waals surface area contributed by atoms with Crippen molar-refractivity contribution in [3.63, 3.8) is 0 Å². The second-order valence-electron chi connectivity index (χ2n) is 9.31. The molecule has 1 atom stereocenters. The third kappa shape index (κ3) is 5.24. The van der Waals surface area contributed by atoms with Gasteiger partial charge in [0.2, 0.25) is 11.8 Å². The summed E-state index contributed by atoms with van der Waals surface area (Å²) in [5.74, 6) is 2.68. The molecule has 0 aliphatic carbocycles. The largest absolute Gasteiger partial charge is 0.349 e. The first kappa shape index (κ1) is 24.5. The van der Waals surface area contributed by atoms with E-state index in [2.05, 4.69) is 49.6 Å². The number of para-hydroxylation sites is 1. The van der Waals surface area contributed by atoms with E-state index in [9.17, 15) is 4.79 Å². The quantitative estimate of drug-likeness (QED) is 0.346. The number of likely N-dealkylation sites (tertiary alicyclic amines) is 1. The highest BCUT2D eigenvalue weighted by atomic mass is 127. The van der Waals surface area contributed by atoms with Crippen molar-refractivity contribution in [2.45, 2.75) is 57.9 Å². The number of guanidine groups is 1. The number of hydrogen-bond acceptors (Lipinski definition) is 5. The number of benzene rings is 1. The van der Waals surface area contributed by atoms with Crippen molar-refractivity contribution >= 4 is 41.5 Å². The predicted molar refractivity (Wildman–Crippen MR) is 136 cm³/mol. The summed E-state index contributed by atoms with van der Waals surface area (Å²) in [6.07, 6.45) is 2.63. The van der Waals surface area contributed by atoms with Gasteiger partial charge in [-0.1, -0.05) is 44.1 Å². The van der Waals surface area contributed by atoms with Crippen LogP contribution in [0.1, 0.15) is 63.2 Å². The van der Waals surface area contributed by atoms with Crippen LogP contribution in [0.25, 0.3) is 0 Å². The molecule has 1 N–H and O–H groups in total. The number of hydrogen-bond donors (Lipinski definition) is 1. The Bertz CT molecular complexity index is 967. The van der Waals surface area contributed by atoms with Crippen LogP contribution in [0.3, 0.4) is 0 Å². The van der Waals surface area contributed by atoms with Crippen LogP contribution in [0.15, 0.2) is 33.8 Å². The number of carbonyl (C=O) groups excluding carboxylic acids is 1. The maximum Gasteiger partial charge on any atom is 0.232 e. The Morgan fingerprint density at radius 2 is 2.09 bits per heavy atom. The minimum atomic E-state index is -0.176. The lowest BCUT2D eigenvalue weighted by molar-refractivity contribution is -0.127. The van der Waals surface area contributed by atoms with Crippen LogP contribution in [-0.2, 0) is 16.8 Å². The fraction of sp³-hybridized carbons (Fsp3) is 0.565. The van der Waals surface area contributed by atoms with Gasteiger partial charge < -0.3 is 19.6 Å².